The molecule has 16 heavy (non-hydrogen) atoms. The zero-order valence-electron chi connectivity index (χ0n) is 9.25. The van der Waals surface area contributed by atoms with Gasteiger partial charge in [-0.3, -0.25) is 4.68 Å². The van der Waals surface area contributed by atoms with Crippen LogP contribution in [0.15, 0.2) is 6.20 Å². The van der Waals surface area contributed by atoms with Crippen molar-refractivity contribution < 1.29 is 18.3 Å². The Morgan fingerprint density at radius 2 is 2.06 bits per heavy atom. The predicted molar refractivity (Wildman–Crippen MR) is 52.6 cm³/mol. The second-order valence-electron chi connectivity index (χ2n) is 4.08. The lowest BCUT2D eigenvalue weighted by molar-refractivity contribution is -0.145. The van der Waals surface area contributed by atoms with E-state index in [1.807, 2.05) is 13.8 Å². The molecular formula is C10H15F3N2O. The van der Waals surface area contributed by atoms with Gasteiger partial charge in [-0.2, -0.15) is 18.3 Å². The minimum Gasteiger partial charge on any atom is -0.392 e. The van der Waals surface area contributed by atoms with Crippen molar-refractivity contribution in [2.45, 2.75) is 39.6 Å². The molecular weight excluding hydrogens is 221 g/mol. The molecule has 0 aliphatic heterocycles. The molecule has 6 heteroatoms. The van der Waals surface area contributed by atoms with Gasteiger partial charge in [0.2, 0.25) is 0 Å². The molecule has 0 spiro atoms. The van der Waals surface area contributed by atoms with E-state index in [1.165, 1.54) is 0 Å². The fourth-order valence-electron chi connectivity index (χ4n) is 1.42. The molecule has 0 aliphatic carbocycles. The van der Waals surface area contributed by atoms with Crippen LogP contribution >= 0.6 is 0 Å². The number of alkyl halides is 3. The molecule has 0 aromatic carbocycles. The van der Waals surface area contributed by atoms with E-state index >= 15 is 0 Å². The van der Waals surface area contributed by atoms with Gasteiger partial charge in [-0.1, -0.05) is 13.8 Å². The number of nitrogens with zero attached hydrogens (tertiary/aromatic N) is 2. The van der Waals surface area contributed by atoms with Gasteiger partial charge < -0.3 is 5.11 Å². The van der Waals surface area contributed by atoms with Crippen molar-refractivity contribution in [2.24, 2.45) is 5.92 Å². The van der Waals surface area contributed by atoms with Gasteiger partial charge in [-0.25, -0.2) is 0 Å². The van der Waals surface area contributed by atoms with Gasteiger partial charge in [0.1, 0.15) is 5.69 Å². The Morgan fingerprint density at radius 1 is 1.44 bits per heavy atom. The summed E-state index contributed by atoms with van der Waals surface area (Å²) in [6, 6.07) is 0. The summed E-state index contributed by atoms with van der Waals surface area (Å²) < 4.78 is 39.0. The Kier molecular flexibility index (Phi) is 3.96. The number of aliphatic hydroxyl groups is 1. The third-order valence-corrected chi connectivity index (χ3v) is 2.27. The van der Waals surface area contributed by atoms with E-state index < -0.39 is 18.5 Å². The molecule has 3 nitrogen and oxygen atoms in total. The molecule has 0 saturated heterocycles. The van der Waals surface area contributed by atoms with E-state index in [9.17, 15) is 13.2 Å². The van der Waals surface area contributed by atoms with Gasteiger partial charge in [-0.15, -0.1) is 0 Å². The summed E-state index contributed by atoms with van der Waals surface area (Å²) in [7, 11) is 0. The molecule has 0 bridgehead atoms. The lowest BCUT2D eigenvalue weighted by Gasteiger charge is -2.12. The van der Waals surface area contributed by atoms with E-state index in [4.69, 9.17) is 5.11 Å². The number of aromatic nitrogens is 2. The molecule has 0 fully saturated rings. The third-order valence-electron chi connectivity index (χ3n) is 2.27. The van der Waals surface area contributed by atoms with Gasteiger partial charge in [0.25, 0.3) is 0 Å². The maximum atomic E-state index is 12.7. The number of aliphatic hydroxyl groups excluding tert-OH is 1. The van der Waals surface area contributed by atoms with Crippen LogP contribution in [0.5, 0.6) is 0 Å². The Balaban J connectivity index is 2.96. The maximum absolute atomic E-state index is 12.7. The first kappa shape index (κ1) is 13.0. The number of aryl methyl sites for hydroxylation is 1. The van der Waals surface area contributed by atoms with E-state index in [0.29, 0.717) is 12.3 Å². The third kappa shape index (κ3) is 2.98. The number of hydrogen-bond donors (Lipinski definition) is 1. The average Bonchev–Trinajstić information content (AvgIpc) is 2.56. The van der Waals surface area contributed by atoms with E-state index in [0.717, 1.165) is 10.9 Å². The second kappa shape index (κ2) is 4.86. The van der Waals surface area contributed by atoms with E-state index in [-0.39, 0.29) is 12.1 Å². The minimum atomic E-state index is -4.47. The van der Waals surface area contributed by atoms with Gasteiger partial charge in [0.15, 0.2) is 0 Å². The highest BCUT2D eigenvalue weighted by Crippen LogP contribution is 2.32. The highest BCUT2D eigenvalue weighted by atomic mass is 19.4. The van der Waals surface area contributed by atoms with Gasteiger partial charge >= 0.3 is 6.18 Å². The second-order valence-corrected chi connectivity index (χ2v) is 4.08. The van der Waals surface area contributed by atoms with Crippen molar-refractivity contribution in [2.75, 3.05) is 0 Å². The monoisotopic (exact) mass is 236 g/mol. The Hall–Kier alpha value is -1.04. The molecule has 0 amide bonds. The molecule has 1 heterocycles. The van der Waals surface area contributed by atoms with Gasteiger partial charge in [-0.05, 0) is 12.3 Å². The first-order valence-corrected chi connectivity index (χ1v) is 5.09. The van der Waals surface area contributed by atoms with E-state index in [2.05, 4.69) is 5.10 Å². The van der Waals surface area contributed by atoms with Gasteiger partial charge in [0.05, 0.1) is 12.8 Å². The van der Waals surface area contributed by atoms with Crippen molar-refractivity contribution >= 4 is 0 Å². The fraction of sp³-hybridized carbons (Fsp3) is 0.700. The summed E-state index contributed by atoms with van der Waals surface area (Å²) in [6.07, 6.45) is -2.77. The lowest BCUT2D eigenvalue weighted by atomic mass is 10.1. The molecule has 1 N–H and O–H groups in total. The van der Waals surface area contributed by atoms with Crippen molar-refractivity contribution in [3.8, 4) is 0 Å². The first-order valence-electron chi connectivity index (χ1n) is 5.09. The van der Waals surface area contributed by atoms with Crippen LogP contribution in [0.2, 0.25) is 0 Å². The molecule has 1 aromatic heterocycles. The van der Waals surface area contributed by atoms with Crippen molar-refractivity contribution in [3.05, 3.63) is 17.5 Å². The number of halogens is 3. The molecule has 92 valence electrons. The SMILES string of the molecule is CC(C)CCn1ncc(CO)c1C(F)(F)F. The van der Waals surface area contributed by atoms with Crippen molar-refractivity contribution in [1.82, 2.24) is 9.78 Å². The van der Waals surface area contributed by atoms with E-state index in [1.54, 1.807) is 0 Å². The zero-order chi connectivity index (χ0) is 12.3. The maximum Gasteiger partial charge on any atom is 0.433 e. The first-order chi connectivity index (χ1) is 7.36. The predicted octanol–water partition coefficient (Wildman–Crippen LogP) is 2.44. The molecule has 0 radical (unpaired) electrons. The van der Waals surface area contributed by atoms with Crippen LogP contribution in [0, 0.1) is 5.92 Å². The Morgan fingerprint density at radius 3 is 2.50 bits per heavy atom. The number of hydrogen-bond acceptors (Lipinski definition) is 2. The highest BCUT2D eigenvalue weighted by molar-refractivity contribution is 5.19. The molecule has 1 aromatic rings. The van der Waals surface area contributed by atoms with Crippen molar-refractivity contribution in [1.29, 1.82) is 0 Å². The average molecular weight is 236 g/mol. The largest absolute Gasteiger partial charge is 0.433 e. The molecule has 1 rings (SSSR count). The fourth-order valence-corrected chi connectivity index (χ4v) is 1.42. The summed E-state index contributed by atoms with van der Waals surface area (Å²) in [6.45, 7) is 3.44. The van der Waals surface area contributed by atoms with Crippen LogP contribution in [-0.2, 0) is 19.3 Å². The highest BCUT2D eigenvalue weighted by Gasteiger charge is 2.37. The standard InChI is InChI=1S/C10H15F3N2O/c1-7(2)3-4-15-9(10(11,12)13)8(6-16)5-14-15/h5,7,16H,3-4,6H2,1-2H3. The summed E-state index contributed by atoms with van der Waals surface area (Å²) in [4.78, 5) is 0. The van der Waals surface area contributed by atoms with Gasteiger partial charge in [0, 0.05) is 12.1 Å². The molecule has 0 unspecified atom stereocenters. The molecule has 0 atom stereocenters. The topological polar surface area (TPSA) is 38.0 Å². The molecule has 0 saturated carbocycles. The lowest BCUT2D eigenvalue weighted by Crippen LogP contribution is -2.17. The van der Waals surface area contributed by atoms with Crippen LogP contribution in [0.3, 0.4) is 0 Å². The summed E-state index contributed by atoms with van der Waals surface area (Å²) in [5, 5.41) is 12.5. The summed E-state index contributed by atoms with van der Waals surface area (Å²) in [5.41, 5.74) is -1.01. The van der Waals surface area contributed by atoms with Crippen molar-refractivity contribution in [3.63, 3.8) is 0 Å². The zero-order valence-corrected chi connectivity index (χ0v) is 9.25. The van der Waals surface area contributed by atoms with Crippen LogP contribution in [-0.4, -0.2) is 14.9 Å². The summed E-state index contributed by atoms with van der Waals surface area (Å²) >= 11 is 0. The van der Waals surface area contributed by atoms with Crippen LogP contribution in [0.4, 0.5) is 13.2 Å². The Bertz CT molecular complexity index is 344. The number of rotatable bonds is 4. The molecule has 0 aliphatic rings. The summed E-state index contributed by atoms with van der Waals surface area (Å²) in [5.74, 6) is 0.308. The quantitative estimate of drug-likeness (QED) is 0.871. The van der Waals surface area contributed by atoms with Crippen LogP contribution < -0.4 is 0 Å². The minimum absolute atomic E-state index is 0.170. The smallest absolute Gasteiger partial charge is 0.392 e. The van der Waals surface area contributed by atoms with Crippen LogP contribution in [0.1, 0.15) is 31.5 Å². The normalized spacial score (nSPS) is 12.4. The Labute approximate surface area is 91.9 Å². The van der Waals surface area contributed by atoms with Crippen LogP contribution in [0.25, 0.3) is 0 Å².